The molecule has 0 aliphatic carbocycles. The smallest absolute Gasteiger partial charge is 0.338 e. The molecule has 0 radical (unpaired) electrons. The van der Waals surface area contributed by atoms with E-state index in [1.54, 1.807) is 12.1 Å². The normalized spacial score (nSPS) is 12.5. The zero-order valence-corrected chi connectivity index (χ0v) is 17.1. The van der Waals surface area contributed by atoms with Crippen molar-refractivity contribution in [3.63, 3.8) is 0 Å². The lowest BCUT2D eigenvalue weighted by Gasteiger charge is -2.13. The van der Waals surface area contributed by atoms with Crippen LogP contribution >= 0.6 is 0 Å². The van der Waals surface area contributed by atoms with Crippen LogP contribution < -0.4 is 0 Å². The molecule has 27 heavy (non-hydrogen) atoms. The fraction of sp³-hybridized carbons (Fsp3) is 0.400. The van der Waals surface area contributed by atoms with Gasteiger partial charge in [0, 0.05) is 0 Å². The van der Waals surface area contributed by atoms with Gasteiger partial charge in [-0.05, 0) is 60.9 Å². The molecule has 1 unspecified atom stereocenters. The highest BCUT2D eigenvalue weighted by Gasteiger charge is 2.10. The summed E-state index contributed by atoms with van der Waals surface area (Å²) < 4.78 is 5.51. The highest BCUT2D eigenvalue weighted by Crippen LogP contribution is 2.23. The summed E-state index contributed by atoms with van der Waals surface area (Å²) in [7, 11) is 0. The Labute approximate surface area is 164 Å². The molecule has 0 fully saturated rings. The molecule has 0 aliphatic heterocycles. The van der Waals surface area contributed by atoms with Gasteiger partial charge in [0.25, 0.3) is 0 Å². The van der Waals surface area contributed by atoms with Crippen molar-refractivity contribution in [1.82, 2.24) is 0 Å². The van der Waals surface area contributed by atoms with Gasteiger partial charge in [-0.1, -0.05) is 75.7 Å². The summed E-state index contributed by atoms with van der Waals surface area (Å²) >= 11 is 0. The molecule has 2 rings (SSSR count). The first-order valence-electron chi connectivity index (χ1n) is 10.1. The van der Waals surface area contributed by atoms with E-state index >= 15 is 0 Å². The number of rotatable bonds is 9. The number of ether oxygens (including phenoxy) is 1. The van der Waals surface area contributed by atoms with Gasteiger partial charge in [0.15, 0.2) is 0 Å². The fourth-order valence-electron chi connectivity index (χ4n) is 3.21. The van der Waals surface area contributed by atoms with Gasteiger partial charge in [0.05, 0.1) is 11.7 Å². The van der Waals surface area contributed by atoms with Crippen molar-refractivity contribution in [2.24, 2.45) is 0 Å². The Hall–Kier alpha value is -2.35. The van der Waals surface area contributed by atoms with Crippen LogP contribution in [0.3, 0.4) is 0 Å². The van der Waals surface area contributed by atoms with Gasteiger partial charge in [-0.15, -0.1) is 0 Å². The van der Waals surface area contributed by atoms with Crippen molar-refractivity contribution in [2.45, 2.75) is 65.4 Å². The van der Waals surface area contributed by atoms with Gasteiger partial charge in [0.2, 0.25) is 0 Å². The van der Waals surface area contributed by atoms with Crippen molar-refractivity contribution in [3.8, 4) is 0 Å². The molecule has 2 aromatic carbocycles. The molecule has 0 saturated heterocycles. The largest absolute Gasteiger partial charge is 0.459 e. The molecule has 1 atom stereocenters. The Balaban J connectivity index is 1.86. The summed E-state index contributed by atoms with van der Waals surface area (Å²) in [5, 5.41) is 0. The number of hydrogen-bond acceptors (Lipinski definition) is 2. The van der Waals surface area contributed by atoms with E-state index < -0.39 is 0 Å². The van der Waals surface area contributed by atoms with E-state index in [-0.39, 0.29) is 12.1 Å². The summed E-state index contributed by atoms with van der Waals surface area (Å²) in [6.45, 7) is 8.68. The first kappa shape index (κ1) is 21.0. The lowest BCUT2D eigenvalue weighted by Crippen LogP contribution is -2.14. The molecule has 0 heterocycles. The molecule has 0 aliphatic rings. The molecule has 0 N–H and O–H groups in total. The summed E-state index contributed by atoms with van der Waals surface area (Å²) in [6, 6.07) is 15.9. The highest BCUT2D eigenvalue weighted by atomic mass is 16.5. The number of hydrogen-bond donors (Lipinski definition) is 0. The second kappa shape index (κ2) is 10.7. The quantitative estimate of drug-likeness (QED) is 0.457. The molecular weight excluding hydrogens is 332 g/mol. The molecule has 2 nitrogen and oxygen atoms in total. The topological polar surface area (TPSA) is 26.3 Å². The maximum atomic E-state index is 12.1. The van der Waals surface area contributed by atoms with E-state index in [2.05, 4.69) is 51.1 Å². The summed E-state index contributed by atoms with van der Waals surface area (Å²) in [5.74, 6) is 0.310. The maximum Gasteiger partial charge on any atom is 0.338 e. The Morgan fingerprint density at radius 3 is 2.48 bits per heavy atom. The Morgan fingerprint density at radius 1 is 1.07 bits per heavy atom. The highest BCUT2D eigenvalue weighted by molar-refractivity contribution is 5.89. The van der Waals surface area contributed by atoms with Crippen LogP contribution in [0.2, 0.25) is 0 Å². The molecule has 144 valence electrons. The van der Waals surface area contributed by atoms with E-state index in [1.807, 2.05) is 25.1 Å². The number of allylic oxidation sites excluding steroid dienone is 1. The molecule has 0 aromatic heterocycles. The molecule has 0 bridgehead atoms. The third kappa shape index (κ3) is 6.71. The average molecular weight is 365 g/mol. The number of aryl methyl sites for hydroxylation is 1. The molecule has 0 amide bonds. The molecule has 0 saturated carbocycles. The number of benzene rings is 2. The van der Waals surface area contributed by atoms with E-state index in [4.69, 9.17) is 4.74 Å². The van der Waals surface area contributed by atoms with Crippen LogP contribution in [0.1, 0.15) is 79.9 Å². The van der Waals surface area contributed by atoms with Gasteiger partial charge in [0.1, 0.15) is 0 Å². The predicted molar refractivity (Wildman–Crippen MR) is 114 cm³/mol. The van der Waals surface area contributed by atoms with E-state index in [0.29, 0.717) is 11.5 Å². The van der Waals surface area contributed by atoms with Crippen molar-refractivity contribution < 1.29 is 9.53 Å². The molecule has 0 spiro atoms. The first-order chi connectivity index (χ1) is 13.0. The van der Waals surface area contributed by atoms with E-state index in [0.717, 1.165) is 25.7 Å². The summed E-state index contributed by atoms with van der Waals surface area (Å²) in [5.41, 5.74) is 4.76. The SMILES string of the molecule is CCCc1cc(C=CCCC(C)OC(=O)c2ccccc2)ccc1C(C)C. The zero-order chi connectivity index (χ0) is 19.6. The van der Waals surface area contributed by atoms with E-state index in [1.165, 1.54) is 16.7 Å². The van der Waals surface area contributed by atoms with Crippen LogP contribution in [0.4, 0.5) is 0 Å². The van der Waals surface area contributed by atoms with Crippen molar-refractivity contribution in [1.29, 1.82) is 0 Å². The van der Waals surface area contributed by atoms with Crippen LogP contribution in [0, 0.1) is 0 Å². The van der Waals surface area contributed by atoms with Crippen molar-refractivity contribution >= 4 is 12.0 Å². The summed E-state index contributed by atoms with van der Waals surface area (Å²) in [6.07, 6.45) is 8.25. The minimum atomic E-state index is -0.249. The first-order valence-corrected chi connectivity index (χ1v) is 10.1. The second-order valence-electron chi connectivity index (χ2n) is 7.42. The number of carbonyl (C=O) groups is 1. The van der Waals surface area contributed by atoms with Crippen LogP contribution in [0.15, 0.2) is 54.6 Å². The predicted octanol–water partition coefficient (Wildman–Crippen LogP) is 6.80. The standard InChI is InChI=1S/C25H32O2/c1-5-11-23-18-21(16-17-24(23)19(2)3)13-10-9-12-20(4)27-25(26)22-14-7-6-8-15-22/h6-8,10,13-20H,5,9,11-12H2,1-4H3. The van der Waals surface area contributed by atoms with E-state index in [9.17, 15) is 4.79 Å². The van der Waals surface area contributed by atoms with Crippen molar-refractivity contribution in [3.05, 3.63) is 76.9 Å². The monoisotopic (exact) mass is 364 g/mol. The third-order valence-electron chi connectivity index (χ3n) is 4.68. The van der Waals surface area contributed by atoms with Gasteiger partial charge < -0.3 is 4.74 Å². The lowest BCUT2D eigenvalue weighted by atomic mass is 9.93. The van der Waals surface area contributed by atoms with Crippen LogP contribution in [-0.4, -0.2) is 12.1 Å². The second-order valence-corrected chi connectivity index (χ2v) is 7.42. The van der Waals surface area contributed by atoms with Crippen molar-refractivity contribution in [2.75, 3.05) is 0 Å². The van der Waals surface area contributed by atoms with Crippen LogP contribution in [-0.2, 0) is 11.2 Å². The minimum Gasteiger partial charge on any atom is -0.459 e. The molecule has 2 heteroatoms. The Kier molecular flexibility index (Phi) is 8.32. The molecular formula is C25H32O2. The van der Waals surface area contributed by atoms with Crippen LogP contribution in [0.5, 0.6) is 0 Å². The average Bonchev–Trinajstić information content (AvgIpc) is 2.66. The minimum absolute atomic E-state index is 0.0960. The van der Waals surface area contributed by atoms with Gasteiger partial charge in [-0.25, -0.2) is 4.79 Å². The Morgan fingerprint density at radius 2 is 1.81 bits per heavy atom. The number of esters is 1. The van der Waals surface area contributed by atoms with Gasteiger partial charge >= 0.3 is 5.97 Å². The fourth-order valence-corrected chi connectivity index (χ4v) is 3.21. The van der Waals surface area contributed by atoms with Gasteiger partial charge in [-0.3, -0.25) is 0 Å². The van der Waals surface area contributed by atoms with Gasteiger partial charge in [-0.2, -0.15) is 0 Å². The maximum absolute atomic E-state index is 12.1. The third-order valence-corrected chi connectivity index (χ3v) is 4.68. The summed E-state index contributed by atoms with van der Waals surface area (Å²) in [4.78, 5) is 12.1. The number of carbonyl (C=O) groups excluding carboxylic acids is 1. The molecule has 2 aromatic rings. The Bertz CT molecular complexity index is 744. The zero-order valence-electron chi connectivity index (χ0n) is 17.1. The van der Waals surface area contributed by atoms with Crippen LogP contribution in [0.25, 0.3) is 6.08 Å². The lowest BCUT2D eigenvalue weighted by molar-refractivity contribution is 0.0327.